The topological polar surface area (TPSA) is 71.5 Å². The molecule has 1 aromatic carbocycles. The zero-order chi connectivity index (χ0) is 24.6. The van der Waals surface area contributed by atoms with Gasteiger partial charge in [0.1, 0.15) is 11.9 Å². The van der Waals surface area contributed by atoms with Gasteiger partial charge in [0.25, 0.3) is 0 Å². The molecule has 6 nitrogen and oxygen atoms in total. The molecule has 1 aromatic heterocycles. The van der Waals surface area contributed by atoms with Crippen molar-refractivity contribution in [2.45, 2.75) is 58.2 Å². The van der Waals surface area contributed by atoms with Gasteiger partial charge in [-0.05, 0) is 56.4 Å². The summed E-state index contributed by atoms with van der Waals surface area (Å²) in [6.07, 6.45) is -3.05. The van der Waals surface area contributed by atoms with Crippen LogP contribution < -0.4 is 10.2 Å². The molecule has 3 heterocycles. The highest BCUT2D eigenvalue weighted by Crippen LogP contribution is 2.42. The second kappa shape index (κ2) is 9.44. The normalized spacial score (nSPS) is 20.2. The number of carbonyl (C=O) groups is 2. The van der Waals surface area contributed by atoms with E-state index in [0.29, 0.717) is 13.0 Å². The number of aromatic nitrogens is 1. The second-order valence-corrected chi connectivity index (χ2v) is 9.18. The summed E-state index contributed by atoms with van der Waals surface area (Å²) in [5.74, 6) is -1.04. The molecule has 2 aliphatic heterocycles. The molecule has 2 aromatic rings. The van der Waals surface area contributed by atoms with Crippen LogP contribution in [0.25, 0.3) is 0 Å². The number of nitrogens with one attached hydrogen (secondary N) is 1. The Hall–Kier alpha value is -2.81. The zero-order valence-electron chi connectivity index (χ0n) is 18.8. The van der Waals surface area contributed by atoms with Crippen molar-refractivity contribution < 1.29 is 27.5 Å². The highest BCUT2D eigenvalue weighted by atomic mass is 35.5. The molecule has 0 aliphatic carbocycles. The van der Waals surface area contributed by atoms with Crippen molar-refractivity contribution in [2.75, 3.05) is 16.8 Å². The molecule has 1 amide bonds. The molecule has 4 rings (SSSR count). The third-order valence-electron chi connectivity index (χ3n) is 6.32. The number of benzene rings is 1. The van der Waals surface area contributed by atoms with E-state index in [1.165, 1.54) is 0 Å². The predicted molar refractivity (Wildman–Crippen MR) is 122 cm³/mol. The van der Waals surface area contributed by atoms with Gasteiger partial charge in [-0.2, -0.15) is 13.2 Å². The maximum absolute atomic E-state index is 14.0. The minimum absolute atomic E-state index is 0.0696. The molecule has 2 unspecified atom stereocenters. The van der Waals surface area contributed by atoms with Gasteiger partial charge in [0, 0.05) is 24.6 Å². The van der Waals surface area contributed by atoms with Crippen LogP contribution in [0.3, 0.4) is 0 Å². The first-order valence-electron chi connectivity index (χ1n) is 11.2. The molecule has 2 aliphatic rings. The van der Waals surface area contributed by atoms with Gasteiger partial charge in [0.15, 0.2) is 5.15 Å². The fourth-order valence-corrected chi connectivity index (χ4v) is 4.73. The molecule has 2 atom stereocenters. The number of hydrogen-bond donors (Lipinski definition) is 1. The number of carbonyl (C=O) groups excluding carboxylic acids is 2. The number of cyclic esters (lactones) is 1. The molecule has 0 bridgehead atoms. The Labute approximate surface area is 200 Å². The summed E-state index contributed by atoms with van der Waals surface area (Å²) in [5.41, 5.74) is 1.21. The van der Waals surface area contributed by atoms with E-state index in [-0.39, 0.29) is 36.7 Å². The third kappa shape index (κ3) is 5.14. The Kier molecular flexibility index (Phi) is 6.75. The molecule has 1 N–H and O–H groups in total. The molecule has 0 saturated carbocycles. The highest BCUT2D eigenvalue weighted by molar-refractivity contribution is 6.33. The Morgan fingerprint density at radius 1 is 1.32 bits per heavy atom. The molecule has 0 spiro atoms. The number of esters is 1. The molecular weight excluding hydrogens is 471 g/mol. The van der Waals surface area contributed by atoms with E-state index in [1.807, 2.05) is 25.1 Å². The first-order chi connectivity index (χ1) is 16.0. The van der Waals surface area contributed by atoms with Crippen molar-refractivity contribution in [1.82, 2.24) is 4.98 Å². The van der Waals surface area contributed by atoms with Gasteiger partial charge in [-0.1, -0.05) is 23.7 Å². The van der Waals surface area contributed by atoms with Crippen LogP contribution in [0.5, 0.6) is 0 Å². The number of halogens is 4. The Morgan fingerprint density at radius 2 is 2.09 bits per heavy atom. The smallest absolute Gasteiger partial charge is 0.418 e. The number of amides is 1. The number of hydrogen-bond acceptors (Lipinski definition) is 5. The Bertz CT molecular complexity index is 1120. The van der Waals surface area contributed by atoms with Gasteiger partial charge in [-0.3, -0.25) is 9.59 Å². The van der Waals surface area contributed by atoms with Crippen LogP contribution in [0.2, 0.25) is 5.15 Å². The number of alkyl halides is 3. The summed E-state index contributed by atoms with van der Waals surface area (Å²) in [5, 5.41) is 1.87. The lowest BCUT2D eigenvalue weighted by Crippen LogP contribution is -2.27. The SMILES string of the molecule is Cc1ccc2c(c1)N(c1cc(C(F)(F)F)c(NC(=O)CCC3CC(=O)OC3C)c(Cl)n1)CCC2. The number of anilines is 3. The van der Waals surface area contributed by atoms with Crippen LogP contribution in [-0.4, -0.2) is 29.5 Å². The first kappa shape index (κ1) is 24.3. The lowest BCUT2D eigenvalue weighted by atomic mass is 9.96. The summed E-state index contributed by atoms with van der Waals surface area (Å²) >= 11 is 6.21. The maximum Gasteiger partial charge on any atom is 0.418 e. The van der Waals surface area contributed by atoms with Gasteiger partial charge < -0.3 is 15.0 Å². The van der Waals surface area contributed by atoms with E-state index in [2.05, 4.69) is 10.3 Å². The molecule has 1 saturated heterocycles. The minimum Gasteiger partial charge on any atom is -0.462 e. The van der Waals surface area contributed by atoms with Gasteiger partial charge in [-0.25, -0.2) is 4.98 Å². The number of ether oxygens (including phenoxy) is 1. The van der Waals surface area contributed by atoms with Crippen LogP contribution >= 0.6 is 11.6 Å². The van der Waals surface area contributed by atoms with Crippen LogP contribution in [-0.2, 0) is 26.9 Å². The quantitative estimate of drug-likeness (QED) is 0.418. The summed E-state index contributed by atoms with van der Waals surface area (Å²) < 4.78 is 47.1. The third-order valence-corrected chi connectivity index (χ3v) is 6.59. The van der Waals surface area contributed by atoms with Crippen molar-refractivity contribution in [3.63, 3.8) is 0 Å². The van der Waals surface area contributed by atoms with Crippen LogP contribution in [0.4, 0.5) is 30.4 Å². The molecular formula is C24H25ClF3N3O3. The average molecular weight is 496 g/mol. The van der Waals surface area contributed by atoms with Crippen LogP contribution in [0.1, 0.15) is 49.3 Å². The number of aryl methyl sites for hydroxylation is 2. The lowest BCUT2D eigenvalue weighted by Gasteiger charge is -2.31. The standard InChI is InChI=1S/C24H25ClF3N3O3/c1-13-5-6-15-4-3-9-31(18(15)10-13)19-12-17(24(26,27)28)22(23(25)29-19)30-20(32)8-7-16-11-21(33)34-14(16)2/h5-6,10,12,14,16H,3-4,7-9,11H2,1-2H3,(H,30,32). The molecule has 34 heavy (non-hydrogen) atoms. The van der Waals surface area contributed by atoms with Crippen molar-refractivity contribution >= 4 is 40.7 Å². The van der Waals surface area contributed by atoms with Gasteiger partial charge in [-0.15, -0.1) is 0 Å². The number of pyridine rings is 1. The van der Waals surface area contributed by atoms with Gasteiger partial charge in [0.2, 0.25) is 5.91 Å². The Morgan fingerprint density at radius 3 is 2.76 bits per heavy atom. The molecule has 10 heteroatoms. The highest BCUT2D eigenvalue weighted by Gasteiger charge is 2.37. The van der Waals surface area contributed by atoms with E-state index in [4.69, 9.17) is 16.3 Å². The predicted octanol–water partition coefficient (Wildman–Crippen LogP) is 5.82. The van der Waals surface area contributed by atoms with E-state index >= 15 is 0 Å². The van der Waals surface area contributed by atoms with Crippen molar-refractivity contribution in [1.29, 1.82) is 0 Å². The van der Waals surface area contributed by atoms with Crippen LogP contribution in [0.15, 0.2) is 24.3 Å². The zero-order valence-corrected chi connectivity index (χ0v) is 19.6. The maximum atomic E-state index is 14.0. The molecule has 0 radical (unpaired) electrons. The minimum atomic E-state index is -4.75. The van der Waals surface area contributed by atoms with E-state index in [0.717, 1.165) is 35.7 Å². The second-order valence-electron chi connectivity index (χ2n) is 8.82. The number of rotatable bonds is 5. The molecule has 1 fully saturated rings. The lowest BCUT2D eigenvalue weighted by molar-refractivity contribution is -0.141. The average Bonchev–Trinajstić information content (AvgIpc) is 3.09. The fraction of sp³-hybridized carbons (Fsp3) is 0.458. The largest absolute Gasteiger partial charge is 0.462 e. The monoisotopic (exact) mass is 495 g/mol. The van der Waals surface area contributed by atoms with E-state index < -0.39 is 28.5 Å². The number of fused-ring (bicyclic) bond motifs is 1. The summed E-state index contributed by atoms with van der Waals surface area (Å²) in [7, 11) is 0. The van der Waals surface area contributed by atoms with Gasteiger partial charge in [0.05, 0.1) is 17.7 Å². The Balaban J connectivity index is 1.60. The fourth-order valence-electron chi connectivity index (χ4n) is 4.49. The summed E-state index contributed by atoms with van der Waals surface area (Å²) in [6.45, 7) is 4.15. The van der Waals surface area contributed by atoms with E-state index in [9.17, 15) is 22.8 Å². The molecule has 182 valence electrons. The summed E-state index contributed by atoms with van der Waals surface area (Å²) in [6, 6.07) is 6.80. The van der Waals surface area contributed by atoms with Crippen molar-refractivity contribution in [3.05, 3.63) is 46.1 Å². The van der Waals surface area contributed by atoms with Gasteiger partial charge >= 0.3 is 12.1 Å². The first-order valence-corrected chi connectivity index (χ1v) is 11.5. The number of nitrogens with zero attached hydrogens (tertiary/aromatic N) is 2. The van der Waals surface area contributed by atoms with E-state index in [1.54, 1.807) is 11.8 Å². The van der Waals surface area contributed by atoms with Crippen molar-refractivity contribution in [2.24, 2.45) is 5.92 Å². The summed E-state index contributed by atoms with van der Waals surface area (Å²) in [4.78, 5) is 29.8. The van der Waals surface area contributed by atoms with Crippen LogP contribution in [0, 0.1) is 12.8 Å². The van der Waals surface area contributed by atoms with Crippen molar-refractivity contribution in [3.8, 4) is 0 Å².